The van der Waals surface area contributed by atoms with Gasteiger partial charge in [0.25, 0.3) is 0 Å². The van der Waals surface area contributed by atoms with Gasteiger partial charge in [0.15, 0.2) is 0 Å². The SMILES string of the molecule is O=C(O)c1ccc(CN2CCN(Cc3ccccn3)C(=O)C2=O)cc1. The first kappa shape index (κ1) is 16.6. The number of pyridine rings is 1. The van der Waals surface area contributed by atoms with E-state index >= 15 is 0 Å². The van der Waals surface area contributed by atoms with Crippen LogP contribution in [0.3, 0.4) is 0 Å². The first-order valence-corrected chi connectivity index (χ1v) is 7.85. The number of nitrogens with zero attached hydrogens (tertiary/aromatic N) is 3. The zero-order valence-electron chi connectivity index (χ0n) is 13.5. The molecule has 1 fully saturated rings. The lowest BCUT2D eigenvalue weighted by molar-refractivity contribution is -0.156. The summed E-state index contributed by atoms with van der Waals surface area (Å²) >= 11 is 0. The van der Waals surface area contributed by atoms with Gasteiger partial charge in [-0.2, -0.15) is 0 Å². The van der Waals surface area contributed by atoms with Crippen molar-refractivity contribution in [2.24, 2.45) is 0 Å². The number of carbonyl (C=O) groups is 3. The van der Waals surface area contributed by atoms with Crippen LogP contribution in [0.5, 0.6) is 0 Å². The Balaban J connectivity index is 1.63. The highest BCUT2D eigenvalue weighted by atomic mass is 16.4. The van der Waals surface area contributed by atoms with E-state index in [-0.39, 0.29) is 12.1 Å². The Bertz CT molecular complexity index is 790. The fourth-order valence-corrected chi connectivity index (χ4v) is 2.68. The van der Waals surface area contributed by atoms with Crippen LogP contribution in [0.15, 0.2) is 48.7 Å². The van der Waals surface area contributed by atoms with Gasteiger partial charge in [-0.3, -0.25) is 14.6 Å². The molecule has 0 aliphatic carbocycles. The summed E-state index contributed by atoms with van der Waals surface area (Å²) in [7, 11) is 0. The summed E-state index contributed by atoms with van der Waals surface area (Å²) in [5, 5.41) is 8.90. The molecule has 3 rings (SSSR count). The number of carboxylic acid groups (broad SMARTS) is 1. The predicted molar refractivity (Wildman–Crippen MR) is 88.5 cm³/mol. The molecule has 1 saturated heterocycles. The van der Waals surface area contributed by atoms with Crippen molar-refractivity contribution in [3.8, 4) is 0 Å². The summed E-state index contributed by atoms with van der Waals surface area (Å²) in [6.07, 6.45) is 1.65. The zero-order chi connectivity index (χ0) is 17.8. The van der Waals surface area contributed by atoms with Crippen molar-refractivity contribution in [3.63, 3.8) is 0 Å². The van der Waals surface area contributed by atoms with Gasteiger partial charge in [-0.1, -0.05) is 18.2 Å². The number of piperazine rings is 1. The van der Waals surface area contributed by atoms with E-state index in [1.54, 1.807) is 24.4 Å². The minimum atomic E-state index is -0.999. The monoisotopic (exact) mass is 339 g/mol. The second kappa shape index (κ2) is 7.12. The molecule has 0 saturated carbocycles. The molecule has 25 heavy (non-hydrogen) atoms. The predicted octanol–water partition coefficient (Wildman–Crippen LogP) is 1.15. The molecule has 2 heterocycles. The smallest absolute Gasteiger partial charge is 0.335 e. The topological polar surface area (TPSA) is 90.8 Å². The van der Waals surface area contributed by atoms with E-state index in [2.05, 4.69) is 4.98 Å². The molecule has 1 aliphatic rings. The summed E-state index contributed by atoms with van der Waals surface area (Å²) in [4.78, 5) is 42.6. The Morgan fingerprint density at radius 3 is 2.16 bits per heavy atom. The number of amides is 2. The van der Waals surface area contributed by atoms with Crippen molar-refractivity contribution in [3.05, 3.63) is 65.5 Å². The van der Waals surface area contributed by atoms with Crippen molar-refractivity contribution < 1.29 is 19.5 Å². The normalized spacial score (nSPS) is 14.7. The Labute approximate surface area is 144 Å². The van der Waals surface area contributed by atoms with Gasteiger partial charge in [-0.05, 0) is 29.8 Å². The molecule has 0 spiro atoms. The quantitative estimate of drug-likeness (QED) is 0.825. The number of hydrogen-bond donors (Lipinski definition) is 1. The third-order valence-corrected chi connectivity index (χ3v) is 4.05. The molecular weight excluding hydrogens is 322 g/mol. The summed E-state index contributed by atoms with van der Waals surface area (Å²) in [5.41, 5.74) is 1.71. The van der Waals surface area contributed by atoms with E-state index in [1.165, 1.54) is 21.9 Å². The molecule has 1 aliphatic heterocycles. The number of hydrogen-bond acceptors (Lipinski definition) is 4. The van der Waals surface area contributed by atoms with Gasteiger partial charge in [0.1, 0.15) is 0 Å². The lowest BCUT2D eigenvalue weighted by atomic mass is 10.1. The maximum absolute atomic E-state index is 12.3. The molecule has 0 bridgehead atoms. The number of aromatic nitrogens is 1. The molecule has 128 valence electrons. The fraction of sp³-hybridized carbons (Fsp3) is 0.222. The third-order valence-electron chi connectivity index (χ3n) is 4.05. The van der Waals surface area contributed by atoms with Crippen LogP contribution in [0.1, 0.15) is 21.6 Å². The van der Waals surface area contributed by atoms with E-state index < -0.39 is 17.8 Å². The van der Waals surface area contributed by atoms with Gasteiger partial charge in [0.05, 0.1) is 17.8 Å². The highest BCUT2D eigenvalue weighted by Crippen LogP contribution is 2.13. The van der Waals surface area contributed by atoms with Gasteiger partial charge in [0, 0.05) is 25.8 Å². The Morgan fingerprint density at radius 2 is 1.60 bits per heavy atom. The minimum Gasteiger partial charge on any atom is -0.478 e. The highest BCUT2D eigenvalue weighted by Gasteiger charge is 2.32. The molecule has 7 heteroatoms. The summed E-state index contributed by atoms with van der Waals surface area (Å²) in [5.74, 6) is -2.09. The Kier molecular flexibility index (Phi) is 4.74. The number of aromatic carboxylic acids is 1. The van der Waals surface area contributed by atoms with Gasteiger partial charge in [-0.15, -0.1) is 0 Å². The van der Waals surface area contributed by atoms with E-state index in [4.69, 9.17) is 5.11 Å². The van der Waals surface area contributed by atoms with Gasteiger partial charge >= 0.3 is 17.8 Å². The van der Waals surface area contributed by atoms with Crippen molar-refractivity contribution in [2.75, 3.05) is 13.1 Å². The average Bonchev–Trinajstić information content (AvgIpc) is 2.63. The summed E-state index contributed by atoms with van der Waals surface area (Å²) in [6.45, 7) is 1.46. The lowest BCUT2D eigenvalue weighted by Gasteiger charge is -2.33. The second-order valence-electron chi connectivity index (χ2n) is 5.78. The molecule has 0 radical (unpaired) electrons. The van der Waals surface area contributed by atoms with E-state index in [0.717, 1.165) is 11.3 Å². The lowest BCUT2D eigenvalue weighted by Crippen LogP contribution is -2.53. The molecule has 0 unspecified atom stereocenters. The number of benzene rings is 1. The van der Waals surface area contributed by atoms with Crippen molar-refractivity contribution >= 4 is 17.8 Å². The largest absolute Gasteiger partial charge is 0.478 e. The fourth-order valence-electron chi connectivity index (χ4n) is 2.68. The van der Waals surface area contributed by atoms with Crippen molar-refractivity contribution in [1.82, 2.24) is 14.8 Å². The van der Waals surface area contributed by atoms with Crippen LogP contribution in [0.2, 0.25) is 0 Å². The van der Waals surface area contributed by atoms with Crippen LogP contribution >= 0.6 is 0 Å². The van der Waals surface area contributed by atoms with E-state index in [9.17, 15) is 14.4 Å². The molecule has 0 atom stereocenters. The first-order chi connectivity index (χ1) is 12.0. The van der Waals surface area contributed by atoms with Crippen molar-refractivity contribution in [2.45, 2.75) is 13.1 Å². The molecule has 1 aromatic heterocycles. The van der Waals surface area contributed by atoms with Crippen LogP contribution in [0, 0.1) is 0 Å². The molecule has 1 N–H and O–H groups in total. The standard InChI is InChI=1S/C18H17N3O4/c22-16-17(23)21(12-15-3-1-2-8-19-15)10-9-20(16)11-13-4-6-14(7-5-13)18(24)25/h1-8H,9-12H2,(H,24,25). The molecular formula is C18H17N3O4. The second-order valence-corrected chi connectivity index (χ2v) is 5.78. The minimum absolute atomic E-state index is 0.186. The van der Waals surface area contributed by atoms with Crippen LogP contribution < -0.4 is 0 Å². The van der Waals surface area contributed by atoms with Crippen molar-refractivity contribution in [1.29, 1.82) is 0 Å². The number of carboxylic acids is 1. The third kappa shape index (κ3) is 3.82. The Hall–Kier alpha value is -3.22. The first-order valence-electron chi connectivity index (χ1n) is 7.85. The van der Waals surface area contributed by atoms with Crippen LogP contribution in [0.4, 0.5) is 0 Å². The average molecular weight is 339 g/mol. The summed E-state index contributed by atoms with van der Waals surface area (Å²) < 4.78 is 0. The Morgan fingerprint density at radius 1 is 0.960 bits per heavy atom. The van der Waals surface area contributed by atoms with Gasteiger partial charge in [0.2, 0.25) is 0 Å². The van der Waals surface area contributed by atoms with E-state index in [0.29, 0.717) is 19.6 Å². The maximum atomic E-state index is 12.3. The highest BCUT2D eigenvalue weighted by molar-refractivity contribution is 6.35. The van der Waals surface area contributed by atoms with Crippen LogP contribution in [-0.2, 0) is 22.7 Å². The molecule has 2 aromatic rings. The molecule has 2 amide bonds. The number of carbonyl (C=O) groups excluding carboxylic acids is 2. The maximum Gasteiger partial charge on any atom is 0.335 e. The molecule has 1 aromatic carbocycles. The van der Waals surface area contributed by atoms with Gasteiger partial charge in [-0.25, -0.2) is 4.79 Å². The summed E-state index contributed by atoms with van der Waals surface area (Å²) in [6, 6.07) is 11.7. The number of rotatable bonds is 5. The van der Waals surface area contributed by atoms with Gasteiger partial charge < -0.3 is 14.9 Å². The molecule has 7 nitrogen and oxygen atoms in total. The van der Waals surface area contributed by atoms with Crippen LogP contribution in [-0.4, -0.2) is 50.8 Å². The zero-order valence-corrected chi connectivity index (χ0v) is 13.5. The van der Waals surface area contributed by atoms with E-state index in [1.807, 2.05) is 12.1 Å². The van der Waals surface area contributed by atoms with Crippen LogP contribution in [0.25, 0.3) is 0 Å².